The van der Waals surface area contributed by atoms with Crippen molar-refractivity contribution in [2.24, 2.45) is 0 Å². The Morgan fingerprint density at radius 2 is 1.75 bits per heavy atom. The van der Waals surface area contributed by atoms with Crippen LogP contribution in [0, 0.1) is 0 Å². The summed E-state index contributed by atoms with van der Waals surface area (Å²) in [4.78, 5) is 29.0. The maximum absolute atomic E-state index is 12.7. The molecule has 1 fully saturated rings. The molecule has 2 heterocycles. The van der Waals surface area contributed by atoms with Gasteiger partial charge in [0.05, 0.1) is 0 Å². The monoisotopic (exact) mass is 442 g/mol. The summed E-state index contributed by atoms with van der Waals surface area (Å²) in [6, 6.07) is 12.8. The second kappa shape index (κ2) is 7.93. The van der Waals surface area contributed by atoms with Gasteiger partial charge in [0.25, 0.3) is 0 Å². The van der Waals surface area contributed by atoms with Crippen LogP contribution in [0.25, 0.3) is 0 Å². The van der Waals surface area contributed by atoms with Gasteiger partial charge in [-0.2, -0.15) is 0 Å². The molecule has 0 radical (unpaired) electrons. The first-order valence-corrected chi connectivity index (χ1v) is 10.2. The molecule has 6 nitrogen and oxygen atoms in total. The van der Waals surface area contributed by atoms with Crippen molar-refractivity contribution in [1.82, 2.24) is 9.80 Å². The summed E-state index contributed by atoms with van der Waals surface area (Å²) >= 11 is 3.37. The molecule has 2 aromatic rings. The van der Waals surface area contributed by atoms with Gasteiger partial charge >= 0.3 is 6.03 Å². The highest BCUT2D eigenvalue weighted by Crippen LogP contribution is 2.25. The summed E-state index contributed by atoms with van der Waals surface area (Å²) in [6.07, 6.45) is 1.66. The van der Waals surface area contributed by atoms with E-state index < -0.39 is 6.04 Å². The molecular weight excluding hydrogens is 420 g/mol. The summed E-state index contributed by atoms with van der Waals surface area (Å²) in [7, 11) is 2.11. The number of carbonyl (C=O) groups is 2. The van der Waals surface area contributed by atoms with Crippen molar-refractivity contribution >= 4 is 39.2 Å². The van der Waals surface area contributed by atoms with E-state index in [0.29, 0.717) is 18.7 Å². The first kappa shape index (κ1) is 19.0. The SMILES string of the molecule is CN1CCc2cc(NC(=O)[C@H]3CCN3C(=O)Nc3ccc(Br)cc3)ccc2C1. The van der Waals surface area contributed by atoms with Crippen molar-refractivity contribution in [2.75, 3.05) is 30.8 Å². The summed E-state index contributed by atoms with van der Waals surface area (Å²) < 4.78 is 0.948. The molecule has 2 aromatic carbocycles. The molecule has 1 saturated heterocycles. The number of halogens is 1. The Bertz CT molecular complexity index is 900. The van der Waals surface area contributed by atoms with Gasteiger partial charge in [0, 0.05) is 35.5 Å². The number of likely N-dealkylation sites (N-methyl/N-ethyl adjacent to an activating group) is 1. The van der Waals surface area contributed by atoms with Crippen LogP contribution in [0.4, 0.5) is 16.2 Å². The number of likely N-dealkylation sites (tertiary alicyclic amines) is 1. The van der Waals surface area contributed by atoms with E-state index in [9.17, 15) is 9.59 Å². The summed E-state index contributed by atoms with van der Waals surface area (Å²) in [5, 5.41) is 5.83. The number of fused-ring (bicyclic) bond motifs is 1. The molecule has 0 aromatic heterocycles. The molecule has 7 heteroatoms. The molecule has 146 valence electrons. The van der Waals surface area contributed by atoms with E-state index in [0.717, 1.165) is 29.7 Å². The minimum absolute atomic E-state index is 0.134. The number of nitrogens with zero attached hydrogens (tertiary/aromatic N) is 2. The Hall–Kier alpha value is -2.38. The molecule has 0 aliphatic carbocycles. The number of anilines is 2. The van der Waals surface area contributed by atoms with Gasteiger partial charge in [-0.25, -0.2) is 4.79 Å². The van der Waals surface area contributed by atoms with E-state index in [2.05, 4.69) is 50.6 Å². The third-order valence-electron chi connectivity index (χ3n) is 5.36. The summed E-state index contributed by atoms with van der Waals surface area (Å²) in [5.41, 5.74) is 4.10. The standard InChI is InChI=1S/C21H23BrN4O2/c1-25-10-8-14-12-18(5-2-15(14)13-25)23-20(27)19-9-11-26(19)21(28)24-17-6-3-16(22)4-7-17/h2-7,12,19H,8-11,13H2,1H3,(H,23,27)(H,24,28)/t19-/m1/s1. The summed E-state index contributed by atoms with van der Waals surface area (Å²) in [5.74, 6) is -0.134. The smallest absolute Gasteiger partial charge is 0.322 e. The number of amides is 3. The molecule has 0 spiro atoms. The van der Waals surface area contributed by atoms with Crippen LogP contribution in [-0.4, -0.2) is 47.9 Å². The van der Waals surface area contributed by atoms with Crippen molar-refractivity contribution in [2.45, 2.75) is 25.4 Å². The number of urea groups is 1. The molecule has 0 unspecified atom stereocenters. The van der Waals surface area contributed by atoms with E-state index in [4.69, 9.17) is 0 Å². The van der Waals surface area contributed by atoms with Crippen molar-refractivity contribution in [3.63, 3.8) is 0 Å². The highest BCUT2D eigenvalue weighted by atomic mass is 79.9. The Labute approximate surface area is 173 Å². The number of hydrogen-bond acceptors (Lipinski definition) is 3. The maximum atomic E-state index is 12.7. The van der Waals surface area contributed by atoms with Crippen LogP contribution in [0.3, 0.4) is 0 Å². The van der Waals surface area contributed by atoms with Gasteiger partial charge < -0.3 is 20.4 Å². The van der Waals surface area contributed by atoms with Gasteiger partial charge in [-0.3, -0.25) is 4.79 Å². The van der Waals surface area contributed by atoms with Crippen LogP contribution in [0.2, 0.25) is 0 Å². The highest BCUT2D eigenvalue weighted by Gasteiger charge is 2.37. The van der Waals surface area contributed by atoms with E-state index in [-0.39, 0.29) is 11.9 Å². The summed E-state index contributed by atoms with van der Waals surface area (Å²) in [6.45, 7) is 2.55. The van der Waals surface area contributed by atoms with E-state index in [1.807, 2.05) is 30.3 Å². The first-order valence-electron chi connectivity index (χ1n) is 9.44. The van der Waals surface area contributed by atoms with Crippen LogP contribution < -0.4 is 10.6 Å². The van der Waals surface area contributed by atoms with Crippen molar-refractivity contribution in [3.8, 4) is 0 Å². The van der Waals surface area contributed by atoms with Gasteiger partial charge in [0.1, 0.15) is 6.04 Å². The molecule has 0 bridgehead atoms. The van der Waals surface area contributed by atoms with Gasteiger partial charge in [0.15, 0.2) is 0 Å². The van der Waals surface area contributed by atoms with E-state index >= 15 is 0 Å². The largest absolute Gasteiger partial charge is 0.324 e. The predicted molar refractivity (Wildman–Crippen MR) is 113 cm³/mol. The van der Waals surface area contributed by atoms with Crippen molar-refractivity contribution < 1.29 is 9.59 Å². The lowest BCUT2D eigenvalue weighted by Gasteiger charge is -2.39. The van der Waals surface area contributed by atoms with Gasteiger partial charge in [-0.05, 0) is 67.4 Å². The Morgan fingerprint density at radius 1 is 1.00 bits per heavy atom. The average molecular weight is 443 g/mol. The second-order valence-electron chi connectivity index (χ2n) is 7.40. The quantitative estimate of drug-likeness (QED) is 0.761. The van der Waals surface area contributed by atoms with Crippen LogP contribution in [0.15, 0.2) is 46.9 Å². The molecule has 3 amide bonds. The Balaban J connectivity index is 1.37. The topological polar surface area (TPSA) is 64.7 Å². The third-order valence-corrected chi connectivity index (χ3v) is 5.88. The van der Waals surface area contributed by atoms with Crippen LogP contribution in [-0.2, 0) is 17.8 Å². The second-order valence-corrected chi connectivity index (χ2v) is 8.31. The Kier molecular flexibility index (Phi) is 5.37. The van der Waals surface area contributed by atoms with Gasteiger partial charge in [-0.15, -0.1) is 0 Å². The average Bonchev–Trinajstić information content (AvgIpc) is 2.62. The lowest BCUT2D eigenvalue weighted by molar-refractivity contribution is -0.123. The lowest BCUT2D eigenvalue weighted by atomic mass is 9.99. The minimum Gasteiger partial charge on any atom is -0.324 e. The number of nitrogens with one attached hydrogen (secondary N) is 2. The zero-order valence-corrected chi connectivity index (χ0v) is 17.3. The fourth-order valence-electron chi connectivity index (χ4n) is 3.63. The number of hydrogen-bond donors (Lipinski definition) is 2. The molecule has 2 aliphatic heterocycles. The third kappa shape index (κ3) is 4.05. The van der Waals surface area contributed by atoms with Gasteiger partial charge in [0.2, 0.25) is 5.91 Å². The van der Waals surface area contributed by atoms with Crippen molar-refractivity contribution in [1.29, 1.82) is 0 Å². The molecule has 4 rings (SSSR count). The number of benzene rings is 2. The highest BCUT2D eigenvalue weighted by molar-refractivity contribution is 9.10. The van der Waals surface area contributed by atoms with E-state index in [1.54, 1.807) is 4.90 Å². The zero-order chi connectivity index (χ0) is 19.7. The Morgan fingerprint density at radius 3 is 2.46 bits per heavy atom. The van der Waals surface area contributed by atoms with Crippen LogP contribution in [0.5, 0.6) is 0 Å². The fourth-order valence-corrected chi connectivity index (χ4v) is 3.89. The molecule has 2 N–H and O–H groups in total. The molecule has 1 atom stereocenters. The van der Waals surface area contributed by atoms with Crippen LogP contribution in [0.1, 0.15) is 17.5 Å². The maximum Gasteiger partial charge on any atom is 0.322 e. The predicted octanol–water partition coefficient (Wildman–Crippen LogP) is 3.68. The lowest BCUT2D eigenvalue weighted by Crippen LogP contribution is -2.58. The first-order chi connectivity index (χ1) is 13.5. The fraction of sp³-hybridized carbons (Fsp3) is 0.333. The minimum atomic E-state index is -0.433. The number of carbonyl (C=O) groups excluding carboxylic acids is 2. The molecular formula is C21H23BrN4O2. The van der Waals surface area contributed by atoms with E-state index in [1.165, 1.54) is 11.1 Å². The zero-order valence-electron chi connectivity index (χ0n) is 15.7. The molecule has 28 heavy (non-hydrogen) atoms. The van der Waals surface area contributed by atoms with Gasteiger partial charge in [-0.1, -0.05) is 22.0 Å². The number of rotatable bonds is 3. The normalized spacial score (nSPS) is 18.8. The van der Waals surface area contributed by atoms with Crippen LogP contribution >= 0.6 is 15.9 Å². The molecule has 0 saturated carbocycles. The van der Waals surface area contributed by atoms with Crippen molar-refractivity contribution in [3.05, 3.63) is 58.1 Å². The molecule has 2 aliphatic rings.